The van der Waals surface area contributed by atoms with Crippen LogP contribution in [0.5, 0.6) is 0 Å². The van der Waals surface area contributed by atoms with Crippen LogP contribution in [0, 0.1) is 0 Å². The molecule has 0 unspecified atom stereocenters. The number of nitrogens with zero attached hydrogens (tertiary/aromatic N) is 2. The molecule has 0 aliphatic heterocycles. The highest BCUT2D eigenvalue weighted by molar-refractivity contribution is 5.59. The largest absolute Gasteiger partial charge is 0.399 e. The molecule has 6 nitrogen and oxygen atoms in total. The Bertz CT molecular complexity index is 829. The first-order valence-electron chi connectivity index (χ1n) is 6.81. The molecule has 1 aromatic carbocycles. The summed E-state index contributed by atoms with van der Waals surface area (Å²) in [6.07, 6.45) is 3.33. The van der Waals surface area contributed by atoms with Crippen molar-refractivity contribution in [1.82, 2.24) is 15.0 Å². The Kier molecular flexibility index (Phi) is 3.82. The molecule has 0 spiro atoms. The highest BCUT2D eigenvalue weighted by Gasteiger charge is 2.04. The number of rotatable bonds is 4. The molecular formula is C16H15N5O. The summed E-state index contributed by atoms with van der Waals surface area (Å²) < 4.78 is 0. The normalized spacial score (nSPS) is 10.4. The predicted molar refractivity (Wildman–Crippen MR) is 86.3 cm³/mol. The van der Waals surface area contributed by atoms with Crippen molar-refractivity contribution in [3.63, 3.8) is 0 Å². The van der Waals surface area contributed by atoms with E-state index >= 15 is 0 Å². The van der Waals surface area contributed by atoms with E-state index in [0.29, 0.717) is 23.9 Å². The number of hydrogen-bond acceptors (Lipinski definition) is 5. The van der Waals surface area contributed by atoms with Gasteiger partial charge in [0, 0.05) is 36.3 Å². The summed E-state index contributed by atoms with van der Waals surface area (Å²) in [4.78, 5) is 22.8. The molecule has 110 valence electrons. The number of nitrogens with one attached hydrogen (secondary N) is 2. The highest BCUT2D eigenvalue weighted by atomic mass is 16.1. The third-order valence-corrected chi connectivity index (χ3v) is 3.13. The van der Waals surface area contributed by atoms with Crippen molar-refractivity contribution in [1.29, 1.82) is 0 Å². The Morgan fingerprint density at radius 3 is 2.73 bits per heavy atom. The van der Waals surface area contributed by atoms with Gasteiger partial charge in [0.15, 0.2) is 0 Å². The smallest absolute Gasteiger partial charge is 0.252 e. The third kappa shape index (κ3) is 3.29. The van der Waals surface area contributed by atoms with E-state index in [-0.39, 0.29) is 5.56 Å². The fourth-order valence-corrected chi connectivity index (χ4v) is 2.10. The second-order valence-electron chi connectivity index (χ2n) is 4.81. The predicted octanol–water partition coefficient (Wildman–Crippen LogP) is 2.03. The summed E-state index contributed by atoms with van der Waals surface area (Å²) >= 11 is 0. The molecule has 0 bridgehead atoms. The lowest BCUT2D eigenvalue weighted by atomic mass is 10.2. The van der Waals surface area contributed by atoms with Crippen LogP contribution in [0.4, 0.5) is 11.6 Å². The van der Waals surface area contributed by atoms with Gasteiger partial charge in [-0.15, -0.1) is 0 Å². The highest BCUT2D eigenvalue weighted by Crippen LogP contribution is 2.15. The minimum Gasteiger partial charge on any atom is -0.399 e. The summed E-state index contributed by atoms with van der Waals surface area (Å²) in [6, 6.07) is 12.6. The zero-order chi connectivity index (χ0) is 15.4. The van der Waals surface area contributed by atoms with Crippen molar-refractivity contribution in [2.45, 2.75) is 6.54 Å². The van der Waals surface area contributed by atoms with E-state index in [2.05, 4.69) is 20.3 Å². The van der Waals surface area contributed by atoms with Gasteiger partial charge in [-0.1, -0.05) is 12.1 Å². The molecule has 0 radical (unpaired) electrons. The standard InChI is InChI=1S/C16H15N5O/c17-13-3-1-2-11(8-13)10-19-16-20-14(9-15(22)21-16)12-4-6-18-7-5-12/h1-9H,10,17H2,(H2,19,20,21,22). The van der Waals surface area contributed by atoms with Crippen LogP contribution in [0.25, 0.3) is 11.3 Å². The lowest BCUT2D eigenvalue weighted by Crippen LogP contribution is -2.12. The average Bonchev–Trinajstić information content (AvgIpc) is 2.53. The lowest BCUT2D eigenvalue weighted by Gasteiger charge is -2.08. The molecule has 6 heteroatoms. The number of anilines is 2. The number of pyridine rings is 1. The minimum atomic E-state index is -0.211. The number of nitrogens with two attached hydrogens (primary N) is 1. The molecule has 3 rings (SSSR count). The van der Waals surface area contributed by atoms with Crippen molar-refractivity contribution in [3.8, 4) is 11.3 Å². The first kappa shape index (κ1) is 13.8. The topological polar surface area (TPSA) is 96.7 Å². The molecule has 0 saturated carbocycles. The van der Waals surface area contributed by atoms with E-state index in [1.807, 2.05) is 36.4 Å². The van der Waals surface area contributed by atoms with E-state index in [1.165, 1.54) is 6.07 Å². The third-order valence-electron chi connectivity index (χ3n) is 3.13. The molecule has 2 heterocycles. The Labute approximate surface area is 127 Å². The summed E-state index contributed by atoms with van der Waals surface area (Å²) in [7, 11) is 0. The summed E-state index contributed by atoms with van der Waals surface area (Å²) in [5, 5.41) is 3.10. The van der Waals surface area contributed by atoms with Gasteiger partial charge in [-0.3, -0.25) is 14.8 Å². The van der Waals surface area contributed by atoms with Gasteiger partial charge in [-0.05, 0) is 29.8 Å². The molecule has 22 heavy (non-hydrogen) atoms. The summed E-state index contributed by atoms with van der Waals surface area (Å²) in [5.41, 5.74) is 8.68. The number of benzene rings is 1. The number of aromatic amines is 1. The van der Waals surface area contributed by atoms with Gasteiger partial charge in [0.2, 0.25) is 5.95 Å². The maximum absolute atomic E-state index is 11.8. The van der Waals surface area contributed by atoms with Gasteiger partial charge < -0.3 is 11.1 Å². The maximum Gasteiger partial charge on any atom is 0.252 e. The second-order valence-corrected chi connectivity index (χ2v) is 4.81. The van der Waals surface area contributed by atoms with Crippen molar-refractivity contribution in [3.05, 3.63) is 70.8 Å². The molecule has 0 amide bonds. The van der Waals surface area contributed by atoms with Gasteiger partial charge in [0.1, 0.15) is 0 Å². The van der Waals surface area contributed by atoms with E-state index < -0.39 is 0 Å². The number of H-pyrrole nitrogens is 1. The van der Waals surface area contributed by atoms with Gasteiger partial charge in [-0.2, -0.15) is 0 Å². The zero-order valence-corrected chi connectivity index (χ0v) is 11.8. The van der Waals surface area contributed by atoms with E-state index in [4.69, 9.17) is 5.73 Å². The number of aromatic nitrogens is 3. The monoisotopic (exact) mass is 293 g/mol. The zero-order valence-electron chi connectivity index (χ0n) is 11.8. The first-order chi connectivity index (χ1) is 10.7. The SMILES string of the molecule is Nc1cccc(CNc2nc(-c3ccncc3)cc(=O)[nH]2)c1. The Hall–Kier alpha value is -3.15. The Morgan fingerprint density at radius 2 is 1.95 bits per heavy atom. The lowest BCUT2D eigenvalue weighted by molar-refractivity contribution is 1.04. The molecule has 0 saturated heterocycles. The van der Waals surface area contributed by atoms with Gasteiger partial charge in [0.25, 0.3) is 5.56 Å². The van der Waals surface area contributed by atoms with Crippen molar-refractivity contribution in [2.24, 2.45) is 0 Å². The second kappa shape index (κ2) is 6.09. The Balaban J connectivity index is 1.83. The van der Waals surface area contributed by atoms with Crippen molar-refractivity contribution < 1.29 is 0 Å². The molecule has 3 aromatic rings. The molecule has 4 N–H and O–H groups in total. The van der Waals surface area contributed by atoms with Gasteiger partial charge in [0.05, 0.1) is 5.69 Å². The summed E-state index contributed by atoms with van der Waals surface area (Å²) in [5.74, 6) is 0.418. The quantitative estimate of drug-likeness (QED) is 0.639. The Morgan fingerprint density at radius 1 is 1.14 bits per heavy atom. The van der Waals surface area contributed by atoms with Gasteiger partial charge >= 0.3 is 0 Å². The van der Waals surface area contributed by atoms with Crippen LogP contribution < -0.4 is 16.6 Å². The fourth-order valence-electron chi connectivity index (χ4n) is 2.10. The van der Waals surface area contributed by atoms with E-state index in [1.54, 1.807) is 12.4 Å². The molecule has 0 fully saturated rings. The van der Waals surface area contributed by atoms with Gasteiger partial charge in [-0.25, -0.2) is 4.98 Å². The fraction of sp³-hybridized carbons (Fsp3) is 0.0625. The van der Waals surface area contributed by atoms with E-state index in [9.17, 15) is 4.79 Å². The average molecular weight is 293 g/mol. The molecule has 0 aliphatic carbocycles. The molecular weight excluding hydrogens is 278 g/mol. The first-order valence-corrected chi connectivity index (χ1v) is 6.81. The van der Waals surface area contributed by atoms with E-state index in [0.717, 1.165) is 11.1 Å². The molecule has 0 atom stereocenters. The number of nitrogen functional groups attached to an aromatic ring is 1. The van der Waals surface area contributed by atoms with Crippen LogP contribution in [-0.2, 0) is 6.54 Å². The number of hydrogen-bond donors (Lipinski definition) is 3. The van der Waals surface area contributed by atoms with Crippen molar-refractivity contribution in [2.75, 3.05) is 11.1 Å². The van der Waals surface area contributed by atoms with Crippen LogP contribution >= 0.6 is 0 Å². The van der Waals surface area contributed by atoms with Crippen LogP contribution in [0.3, 0.4) is 0 Å². The van der Waals surface area contributed by atoms with Crippen LogP contribution in [0.1, 0.15) is 5.56 Å². The summed E-state index contributed by atoms with van der Waals surface area (Å²) in [6.45, 7) is 0.522. The van der Waals surface area contributed by atoms with Crippen LogP contribution in [0.15, 0.2) is 59.7 Å². The molecule has 0 aliphatic rings. The van der Waals surface area contributed by atoms with Crippen LogP contribution in [-0.4, -0.2) is 15.0 Å². The minimum absolute atomic E-state index is 0.211. The van der Waals surface area contributed by atoms with Crippen LogP contribution in [0.2, 0.25) is 0 Å². The molecule has 2 aromatic heterocycles. The maximum atomic E-state index is 11.8. The van der Waals surface area contributed by atoms with Crippen molar-refractivity contribution >= 4 is 11.6 Å².